The second kappa shape index (κ2) is 5.07. The van der Waals surface area contributed by atoms with Crippen molar-refractivity contribution in [3.63, 3.8) is 0 Å². The second-order valence-corrected chi connectivity index (χ2v) is 5.35. The van der Waals surface area contributed by atoms with Gasteiger partial charge >= 0.3 is 0 Å². The number of hydrogen-bond donors (Lipinski definition) is 1. The van der Waals surface area contributed by atoms with Gasteiger partial charge in [-0.3, -0.25) is 4.98 Å². The topological polar surface area (TPSA) is 33.1 Å². The molecule has 95 valence electrons. The number of aromatic nitrogens is 1. The minimum Gasteiger partial charge on any atom is -0.380 e. The molecule has 2 nitrogen and oxygen atoms in total. The van der Waals surface area contributed by atoms with E-state index in [2.05, 4.69) is 31.8 Å². The van der Waals surface area contributed by atoms with E-state index in [1.165, 1.54) is 5.57 Å². The molecule has 2 unspecified atom stereocenters. The van der Waals surface area contributed by atoms with Crippen LogP contribution >= 0.6 is 0 Å². The molecule has 0 bridgehead atoms. The highest BCUT2D eigenvalue weighted by atomic mass is 16.3. The highest BCUT2D eigenvalue weighted by Crippen LogP contribution is 2.36. The van der Waals surface area contributed by atoms with Gasteiger partial charge in [0.2, 0.25) is 0 Å². The highest BCUT2D eigenvalue weighted by molar-refractivity contribution is 5.37. The zero-order chi connectivity index (χ0) is 13.2. The van der Waals surface area contributed by atoms with E-state index in [0.717, 1.165) is 12.0 Å². The van der Waals surface area contributed by atoms with Gasteiger partial charge in [-0.05, 0) is 31.4 Å². The number of nitrogens with zero attached hydrogens (tertiary/aromatic N) is 1. The maximum Gasteiger partial charge on any atom is 0.116 e. The maximum absolute atomic E-state index is 10.7. The minimum absolute atomic E-state index is 0.180. The van der Waals surface area contributed by atoms with Gasteiger partial charge in [0.1, 0.15) is 5.60 Å². The van der Waals surface area contributed by atoms with Gasteiger partial charge in [0.25, 0.3) is 0 Å². The molecule has 1 radical (unpaired) electrons. The van der Waals surface area contributed by atoms with Crippen LogP contribution in [0.4, 0.5) is 0 Å². The summed E-state index contributed by atoms with van der Waals surface area (Å²) >= 11 is 0. The fourth-order valence-corrected chi connectivity index (χ4v) is 2.32. The fraction of sp³-hybridized carbons (Fsp3) is 0.375. The monoisotopic (exact) mass is 242 g/mol. The Kier molecular flexibility index (Phi) is 3.67. The Balaban J connectivity index is 2.25. The van der Waals surface area contributed by atoms with E-state index in [1.807, 2.05) is 24.3 Å². The summed E-state index contributed by atoms with van der Waals surface area (Å²) in [6.45, 7) is 8.46. The van der Waals surface area contributed by atoms with Crippen LogP contribution in [-0.4, -0.2) is 10.1 Å². The second-order valence-electron chi connectivity index (χ2n) is 5.35. The lowest BCUT2D eigenvalue weighted by Crippen LogP contribution is -2.32. The van der Waals surface area contributed by atoms with E-state index in [1.54, 1.807) is 12.4 Å². The van der Waals surface area contributed by atoms with Crippen molar-refractivity contribution in [1.29, 1.82) is 0 Å². The number of allylic oxidation sites excluding steroid dienone is 2. The average Bonchev–Trinajstić information content (AvgIpc) is 2.34. The van der Waals surface area contributed by atoms with Crippen LogP contribution in [-0.2, 0) is 5.60 Å². The summed E-state index contributed by atoms with van der Waals surface area (Å²) in [7, 11) is 0. The van der Waals surface area contributed by atoms with Crippen LogP contribution in [0.15, 0.2) is 48.3 Å². The van der Waals surface area contributed by atoms with E-state index in [9.17, 15) is 5.11 Å². The number of pyridine rings is 1. The first-order valence-corrected chi connectivity index (χ1v) is 6.38. The summed E-state index contributed by atoms with van der Waals surface area (Å²) < 4.78 is 0. The molecule has 1 aliphatic rings. The molecular formula is C16H20NO. The Bertz CT molecular complexity index is 461. The van der Waals surface area contributed by atoms with Crippen molar-refractivity contribution in [3.05, 3.63) is 60.8 Å². The molecule has 0 fully saturated rings. The van der Waals surface area contributed by atoms with Gasteiger partial charge in [0.15, 0.2) is 0 Å². The lowest BCUT2D eigenvalue weighted by Gasteiger charge is -2.33. The maximum atomic E-state index is 10.7. The Morgan fingerprint density at radius 3 is 2.83 bits per heavy atom. The Morgan fingerprint density at radius 2 is 2.28 bits per heavy atom. The van der Waals surface area contributed by atoms with Crippen LogP contribution in [0.1, 0.15) is 25.8 Å². The van der Waals surface area contributed by atoms with E-state index in [-0.39, 0.29) is 5.92 Å². The van der Waals surface area contributed by atoms with Gasteiger partial charge in [-0.25, -0.2) is 0 Å². The first kappa shape index (κ1) is 13.0. The van der Waals surface area contributed by atoms with Gasteiger partial charge in [0.05, 0.1) is 0 Å². The van der Waals surface area contributed by atoms with Gasteiger partial charge in [-0.2, -0.15) is 0 Å². The molecule has 1 aliphatic carbocycles. The van der Waals surface area contributed by atoms with Crippen LogP contribution in [0.5, 0.6) is 0 Å². The van der Waals surface area contributed by atoms with Crippen LogP contribution in [0.3, 0.4) is 0 Å². The molecule has 0 amide bonds. The summed E-state index contributed by atoms with van der Waals surface area (Å²) in [4.78, 5) is 4.06. The standard InChI is InChI=1S/C16H20NO/c1-12(2)9-14-6-7-16(18,13(3)10-14)15-5-4-8-17-11-15/h4-8,10-13,18H,3,9H2,1-2H3. The predicted octanol–water partition coefficient (Wildman–Crippen LogP) is 3.26. The molecule has 2 rings (SSSR count). The molecule has 0 aromatic carbocycles. The summed E-state index contributed by atoms with van der Waals surface area (Å²) in [5, 5.41) is 10.7. The van der Waals surface area contributed by atoms with Crippen LogP contribution in [0.2, 0.25) is 0 Å². The van der Waals surface area contributed by atoms with Crippen molar-refractivity contribution in [1.82, 2.24) is 4.98 Å². The average molecular weight is 242 g/mol. The van der Waals surface area contributed by atoms with Crippen molar-refractivity contribution in [3.8, 4) is 0 Å². The van der Waals surface area contributed by atoms with Crippen molar-refractivity contribution in [2.75, 3.05) is 0 Å². The van der Waals surface area contributed by atoms with Crippen molar-refractivity contribution in [2.45, 2.75) is 25.9 Å². The summed E-state index contributed by atoms with van der Waals surface area (Å²) in [5.74, 6) is 0.429. The lowest BCUT2D eigenvalue weighted by atomic mass is 9.77. The largest absolute Gasteiger partial charge is 0.380 e. The third kappa shape index (κ3) is 2.54. The Morgan fingerprint density at radius 1 is 1.50 bits per heavy atom. The van der Waals surface area contributed by atoms with Gasteiger partial charge < -0.3 is 5.11 Å². The SMILES string of the molecule is [CH2]C1C=C(CC(C)C)C=CC1(O)c1cccnc1. The molecule has 0 aliphatic heterocycles. The molecular weight excluding hydrogens is 222 g/mol. The summed E-state index contributed by atoms with van der Waals surface area (Å²) in [6.07, 6.45) is 10.3. The van der Waals surface area contributed by atoms with Crippen LogP contribution in [0.25, 0.3) is 0 Å². The fourth-order valence-electron chi connectivity index (χ4n) is 2.32. The normalized spacial score (nSPS) is 27.4. The van der Waals surface area contributed by atoms with Gasteiger partial charge in [-0.1, -0.05) is 37.6 Å². The molecule has 18 heavy (non-hydrogen) atoms. The van der Waals surface area contributed by atoms with E-state index in [4.69, 9.17) is 0 Å². The van der Waals surface area contributed by atoms with Crippen LogP contribution in [0, 0.1) is 18.8 Å². The van der Waals surface area contributed by atoms with Crippen LogP contribution < -0.4 is 0 Å². The predicted molar refractivity (Wildman–Crippen MR) is 73.7 cm³/mol. The third-order valence-corrected chi connectivity index (χ3v) is 3.30. The molecule has 2 atom stereocenters. The van der Waals surface area contributed by atoms with E-state index < -0.39 is 5.60 Å². The quantitative estimate of drug-likeness (QED) is 0.882. The lowest BCUT2D eigenvalue weighted by molar-refractivity contribution is 0.0589. The number of aliphatic hydroxyl groups is 1. The van der Waals surface area contributed by atoms with Crippen molar-refractivity contribution in [2.24, 2.45) is 11.8 Å². The highest BCUT2D eigenvalue weighted by Gasteiger charge is 2.34. The molecule has 1 heterocycles. The molecule has 1 N–H and O–H groups in total. The molecule has 0 saturated heterocycles. The third-order valence-electron chi connectivity index (χ3n) is 3.30. The first-order valence-electron chi connectivity index (χ1n) is 6.38. The zero-order valence-corrected chi connectivity index (χ0v) is 11.0. The molecule has 1 aromatic heterocycles. The summed E-state index contributed by atoms with van der Waals surface area (Å²) in [6, 6.07) is 3.72. The Labute approximate surface area is 109 Å². The summed E-state index contributed by atoms with van der Waals surface area (Å²) in [5.41, 5.74) is 1.01. The Hall–Kier alpha value is -1.41. The molecule has 2 heteroatoms. The zero-order valence-electron chi connectivity index (χ0n) is 11.0. The van der Waals surface area contributed by atoms with Crippen molar-refractivity contribution < 1.29 is 5.11 Å². The molecule has 1 aromatic rings. The number of rotatable bonds is 3. The minimum atomic E-state index is -1.03. The molecule has 0 spiro atoms. The van der Waals surface area contributed by atoms with E-state index in [0.29, 0.717) is 5.92 Å². The first-order chi connectivity index (χ1) is 8.52. The van der Waals surface area contributed by atoms with Gasteiger partial charge in [0, 0.05) is 23.9 Å². The number of hydrogen-bond acceptors (Lipinski definition) is 2. The smallest absolute Gasteiger partial charge is 0.116 e. The van der Waals surface area contributed by atoms with E-state index >= 15 is 0 Å². The molecule has 0 saturated carbocycles. The van der Waals surface area contributed by atoms with Gasteiger partial charge in [-0.15, -0.1) is 0 Å². The van der Waals surface area contributed by atoms with Crippen molar-refractivity contribution >= 4 is 0 Å².